The molecule has 0 spiro atoms. The summed E-state index contributed by atoms with van der Waals surface area (Å²) in [5.41, 5.74) is 0. The van der Waals surface area contributed by atoms with Crippen molar-refractivity contribution in [2.45, 2.75) is 44.6 Å². The fourth-order valence-corrected chi connectivity index (χ4v) is 2.63. The standard InChI is InChI=1S/C13H24N2O2/c16-13(12-3-1-2-10-17-12)15-9-6-11-4-7-14-8-5-11/h11-12,14H,1-10H2,(H,15,16). The molecule has 1 atom stereocenters. The van der Waals surface area contributed by atoms with E-state index in [2.05, 4.69) is 10.6 Å². The minimum atomic E-state index is -0.184. The molecular weight excluding hydrogens is 216 g/mol. The van der Waals surface area contributed by atoms with Gasteiger partial charge in [0.15, 0.2) is 0 Å². The number of carbonyl (C=O) groups excluding carboxylic acids is 1. The van der Waals surface area contributed by atoms with E-state index in [4.69, 9.17) is 4.74 Å². The Kier molecular flexibility index (Phi) is 5.26. The number of rotatable bonds is 4. The summed E-state index contributed by atoms with van der Waals surface area (Å²) < 4.78 is 5.46. The Morgan fingerprint density at radius 3 is 2.76 bits per heavy atom. The van der Waals surface area contributed by atoms with Gasteiger partial charge in [-0.15, -0.1) is 0 Å². The highest BCUT2D eigenvalue weighted by molar-refractivity contribution is 5.80. The van der Waals surface area contributed by atoms with Gasteiger partial charge in [0.05, 0.1) is 0 Å². The van der Waals surface area contributed by atoms with E-state index in [0.29, 0.717) is 0 Å². The number of hydrogen-bond acceptors (Lipinski definition) is 3. The van der Waals surface area contributed by atoms with Crippen LogP contribution in [0.2, 0.25) is 0 Å². The van der Waals surface area contributed by atoms with Crippen molar-refractivity contribution in [3.8, 4) is 0 Å². The SMILES string of the molecule is O=C(NCCC1CCNCC1)C1CCCCO1. The Morgan fingerprint density at radius 2 is 2.06 bits per heavy atom. The van der Waals surface area contributed by atoms with E-state index >= 15 is 0 Å². The lowest BCUT2D eigenvalue weighted by Gasteiger charge is -2.24. The quantitative estimate of drug-likeness (QED) is 0.772. The molecule has 17 heavy (non-hydrogen) atoms. The number of hydrogen-bond donors (Lipinski definition) is 2. The summed E-state index contributed by atoms with van der Waals surface area (Å²) in [6.45, 7) is 3.81. The second-order valence-electron chi connectivity index (χ2n) is 5.13. The van der Waals surface area contributed by atoms with E-state index < -0.39 is 0 Å². The molecule has 2 fully saturated rings. The maximum absolute atomic E-state index is 11.8. The Balaban J connectivity index is 1.58. The van der Waals surface area contributed by atoms with E-state index in [9.17, 15) is 4.79 Å². The molecule has 0 saturated carbocycles. The summed E-state index contributed by atoms with van der Waals surface area (Å²) in [6.07, 6.45) is 6.52. The molecule has 2 N–H and O–H groups in total. The van der Waals surface area contributed by atoms with Crippen LogP contribution in [0.1, 0.15) is 38.5 Å². The molecular formula is C13H24N2O2. The van der Waals surface area contributed by atoms with Crippen LogP contribution in [0.4, 0.5) is 0 Å². The first kappa shape index (κ1) is 12.8. The molecule has 0 aromatic heterocycles. The summed E-state index contributed by atoms with van der Waals surface area (Å²) in [5, 5.41) is 6.37. The molecule has 0 bridgehead atoms. The first-order chi connectivity index (χ1) is 8.36. The van der Waals surface area contributed by atoms with Crippen molar-refractivity contribution in [3.63, 3.8) is 0 Å². The minimum Gasteiger partial charge on any atom is -0.368 e. The third-order valence-corrected chi connectivity index (χ3v) is 3.78. The Labute approximate surface area is 103 Å². The van der Waals surface area contributed by atoms with Crippen LogP contribution in [-0.4, -0.2) is 38.3 Å². The van der Waals surface area contributed by atoms with Crippen LogP contribution in [-0.2, 0) is 9.53 Å². The highest BCUT2D eigenvalue weighted by atomic mass is 16.5. The molecule has 2 aliphatic rings. The number of nitrogens with one attached hydrogen (secondary N) is 2. The lowest BCUT2D eigenvalue weighted by atomic mass is 9.95. The highest BCUT2D eigenvalue weighted by Gasteiger charge is 2.21. The van der Waals surface area contributed by atoms with E-state index in [1.165, 1.54) is 12.8 Å². The fourth-order valence-electron chi connectivity index (χ4n) is 2.63. The zero-order chi connectivity index (χ0) is 11.9. The number of piperidine rings is 1. The summed E-state index contributed by atoms with van der Waals surface area (Å²) in [7, 11) is 0. The number of amides is 1. The molecule has 4 nitrogen and oxygen atoms in total. The zero-order valence-electron chi connectivity index (χ0n) is 10.5. The van der Waals surface area contributed by atoms with Crippen LogP contribution in [0, 0.1) is 5.92 Å². The molecule has 2 heterocycles. The van der Waals surface area contributed by atoms with Crippen molar-refractivity contribution in [1.82, 2.24) is 10.6 Å². The van der Waals surface area contributed by atoms with Gasteiger partial charge in [-0.25, -0.2) is 0 Å². The van der Waals surface area contributed by atoms with Gasteiger partial charge in [-0.1, -0.05) is 0 Å². The van der Waals surface area contributed by atoms with Gasteiger partial charge in [-0.3, -0.25) is 4.79 Å². The van der Waals surface area contributed by atoms with Crippen LogP contribution < -0.4 is 10.6 Å². The van der Waals surface area contributed by atoms with Crippen molar-refractivity contribution >= 4 is 5.91 Å². The van der Waals surface area contributed by atoms with Crippen molar-refractivity contribution in [2.75, 3.05) is 26.2 Å². The molecule has 4 heteroatoms. The molecule has 2 aliphatic heterocycles. The monoisotopic (exact) mass is 240 g/mol. The van der Waals surface area contributed by atoms with Crippen LogP contribution in [0.3, 0.4) is 0 Å². The fraction of sp³-hybridized carbons (Fsp3) is 0.923. The largest absolute Gasteiger partial charge is 0.368 e. The number of ether oxygens (including phenoxy) is 1. The molecule has 0 aromatic carbocycles. The van der Waals surface area contributed by atoms with E-state index in [1.807, 2.05) is 0 Å². The second-order valence-corrected chi connectivity index (χ2v) is 5.13. The van der Waals surface area contributed by atoms with Crippen molar-refractivity contribution in [2.24, 2.45) is 5.92 Å². The maximum Gasteiger partial charge on any atom is 0.249 e. The summed E-state index contributed by atoms with van der Waals surface area (Å²) in [4.78, 5) is 11.8. The molecule has 2 rings (SSSR count). The van der Waals surface area contributed by atoms with E-state index in [0.717, 1.165) is 57.8 Å². The average molecular weight is 240 g/mol. The zero-order valence-corrected chi connectivity index (χ0v) is 10.5. The van der Waals surface area contributed by atoms with E-state index in [1.54, 1.807) is 0 Å². The first-order valence-corrected chi connectivity index (χ1v) is 6.96. The lowest BCUT2D eigenvalue weighted by molar-refractivity contribution is -0.135. The third-order valence-electron chi connectivity index (χ3n) is 3.78. The van der Waals surface area contributed by atoms with Crippen molar-refractivity contribution < 1.29 is 9.53 Å². The normalized spacial score (nSPS) is 26.7. The van der Waals surface area contributed by atoms with Gasteiger partial charge in [0.2, 0.25) is 5.91 Å². The summed E-state index contributed by atoms with van der Waals surface area (Å²) in [6, 6.07) is 0. The predicted molar refractivity (Wildman–Crippen MR) is 66.8 cm³/mol. The minimum absolute atomic E-state index is 0.0960. The molecule has 98 valence electrons. The van der Waals surface area contributed by atoms with Gasteiger partial charge in [0.25, 0.3) is 0 Å². The topological polar surface area (TPSA) is 50.4 Å². The Hall–Kier alpha value is -0.610. The van der Waals surface area contributed by atoms with Crippen LogP contribution >= 0.6 is 0 Å². The number of carbonyl (C=O) groups is 1. The molecule has 0 aromatic rings. The average Bonchev–Trinajstić information content (AvgIpc) is 2.41. The van der Waals surface area contributed by atoms with Gasteiger partial charge < -0.3 is 15.4 Å². The van der Waals surface area contributed by atoms with Gasteiger partial charge >= 0.3 is 0 Å². The van der Waals surface area contributed by atoms with Crippen LogP contribution in [0.25, 0.3) is 0 Å². The van der Waals surface area contributed by atoms with Gasteiger partial charge in [-0.05, 0) is 57.5 Å². The molecule has 0 radical (unpaired) electrons. The Bertz CT molecular complexity index is 234. The van der Waals surface area contributed by atoms with Crippen molar-refractivity contribution in [1.29, 1.82) is 0 Å². The second kappa shape index (κ2) is 6.97. The highest BCUT2D eigenvalue weighted by Crippen LogP contribution is 2.15. The lowest BCUT2D eigenvalue weighted by Crippen LogP contribution is -2.39. The summed E-state index contributed by atoms with van der Waals surface area (Å²) >= 11 is 0. The molecule has 1 amide bonds. The van der Waals surface area contributed by atoms with Crippen LogP contribution in [0.5, 0.6) is 0 Å². The third kappa shape index (κ3) is 4.28. The Morgan fingerprint density at radius 1 is 1.24 bits per heavy atom. The smallest absolute Gasteiger partial charge is 0.249 e. The molecule has 2 saturated heterocycles. The maximum atomic E-state index is 11.8. The van der Waals surface area contributed by atoms with E-state index in [-0.39, 0.29) is 12.0 Å². The van der Waals surface area contributed by atoms with Crippen molar-refractivity contribution in [3.05, 3.63) is 0 Å². The molecule has 0 aliphatic carbocycles. The predicted octanol–water partition coefficient (Wildman–Crippen LogP) is 1.06. The van der Waals surface area contributed by atoms with Gasteiger partial charge in [0, 0.05) is 13.2 Å². The molecule has 1 unspecified atom stereocenters. The summed E-state index contributed by atoms with van der Waals surface area (Å²) in [5.74, 6) is 0.877. The van der Waals surface area contributed by atoms with Gasteiger partial charge in [0.1, 0.15) is 6.10 Å². The van der Waals surface area contributed by atoms with Gasteiger partial charge in [-0.2, -0.15) is 0 Å². The van der Waals surface area contributed by atoms with Crippen LogP contribution in [0.15, 0.2) is 0 Å². The first-order valence-electron chi connectivity index (χ1n) is 6.96.